The highest BCUT2D eigenvalue weighted by Crippen LogP contribution is 2.10. The summed E-state index contributed by atoms with van der Waals surface area (Å²) in [6.45, 7) is 3.48. The maximum absolute atomic E-state index is 11.7. The Hall–Kier alpha value is -1.06. The Morgan fingerprint density at radius 1 is 1.16 bits per heavy atom. The lowest BCUT2D eigenvalue weighted by molar-refractivity contribution is -0.126. The van der Waals surface area contributed by atoms with E-state index >= 15 is 0 Å². The molecule has 2 N–H and O–H groups in total. The lowest BCUT2D eigenvalue weighted by atomic mass is 10.1. The second-order valence-corrected chi connectivity index (χ2v) is 5.47. The van der Waals surface area contributed by atoms with E-state index in [4.69, 9.17) is 0 Å². The van der Waals surface area contributed by atoms with Crippen LogP contribution >= 0.6 is 0 Å². The van der Waals surface area contributed by atoms with Crippen molar-refractivity contribution < 1.29 is 9.59 Å². The van der Waals surface area contributed by atoms with Gasteiger partial charge in [0, 0.05) is 19.5 Å². The van der Waals surface area contributed by atoms with Crippen LogP contribution in [0.15, 0.2) is 0 Å². The first-order valence-corrected chi connectivity index (χ1v) is 7.78. The summed E-state index contributed by atoms with van der Waals surface area (Å²) >= 11 is 0. The number of unbranched alkanes of at least 4 members (excludes halogenated alkanes) is 7. The minimum Gasteiger partial charge on any atom is -0.356 e. The van der Waals surface area contributed by atoms with Gasteiger partial charge in [-0.25, -0.2) is 0 Å². The van der Waals surface area contributed by atoms with E-state index in [0.29, 0.717) is 13.0 Å². The molecule has 2 amide bonds. The van der Waals surface area contributed by atoms with Crippen molar-refractivity contribution in [2.75, 3.05) is 13.1 Å². The zero-order chi connectivity index (χ0) is 13.9. The van der Waals surface area contributed by atoms with Gasteiger partial charge in [-0.2, -0.15) is 0 Å². The largest absolute Gasteiger partial charge is 0.356 e. The first-order valence-electron chi connectivity index (χ1n) is 7.78. The van der Waals surface area contributed by atoms with Gasteiger partial charge in [0.25, 0.3) is 0 Å². The monoisotopic (exact) mass is 268 g/mol. The molecule has 0 aromatic rings. The SMILES string of the molecule is CCCCCCCCCCNC(=O)C1CNC(=O)C1. The summed E-state index contributed by atoms with van der Waals surface area (Å²) in [7, 11) is 0. The second-order valence-electron chi connectivity index (χ2n) is 5.47. The van der Waals surface area contributed by atoms with Crippen LogP contribution in [-0.4, -0.2) is 24.9 Å². The summed E-state index contributed by atoms with van der Waals surface area (Å²) in [5.74, 6) is -0.130. The van der Waals surface area contributed by atoms with Crippen LogP contribution in [0.1, 0.15) is 64.7 Å². The Balaban J connectivity index is 1.88. The van der Waals surface area contributed by atoms with E-state index in [1.54, 1.807) is 0 Å². The van der Waals surface area contributed by atoms with Crippen LogP contribution in [0, 0.1) is 5.92 Å². The number of hydrogen-bond donors (Lipinski definition) is 2. The second kappa shape index (κ2) is 9.82. The molecule has 1 aliphatic heterocycles. The van der Waals surface area contributed by atoms with Gasteiger partial charge in [-0.1, -0.05) is 51.9 Å². The molecule has 0 aliphatic carbocycles. The minimum atomic E-state index is -0.151. The highest BCUT2D eigenvalue weighted by molar-refractivity contribution is 5.89. The van der Waals surface area contributed by atoms with Gasteiger partial charge in [-0.15, -0.1) is 0 Å². The van der Waals surface area contributed by atoms with Gasteiger partial charge >= 0.3 is 0 Å². The predicted molar refractivity (Wildman–Crippen MR) is 76.7 cm³/mol. The Morgan fingerprint density at radius 2 is 1.79 bits per heavy atom. The Morgan fingerprint density at radius 3 is 2.37 bits per heavy atom. The van der Waals surface area contributed by atoms with Gasteiger partial charge < -0.3 is 10.6 Å². The van der Waals surface area contributed by atoms with E-state index in [-0.39, 0.29) is 17.7 Å². The number of carbonyl (C=O) groups excluding carboxylic acids is 2. The predicted octanol–water partition coefficient (Wildman–Crippen LogP) is 2.38. The first-order chi connectivity index (χ1) is 9.24. The molecule has 1 heterocycles. The molecule has 0 bridgehead atoms. The summed E-state index contributed by atoms with van der Waals surface area (Å²) in [5.41, 5.74) is 0. The maximum atomic E-state index is 11.7. The van der Waals surface area contributed by atoms with E-state index in [9.17, 15) is 9.59 Å². The van der Waals surface area contributed by atoms with Crippen LogP contribution in [0.25, 0.3) is 0 Å². The molecule has 4 heteroatoms. The Bertz CT molecular complexity index is 279. The molecule has 19 heavy (non-hydrogen) atoms. The zero-order valence-corrected chi connectivity index (χ0v) is 12.2. The highest BCUT2D eigenvalue weighted by atomic mass is 16.2. The van der Waals surface area contributed by atoms with Crippen molar-refractivity contribution >= 4 is 11.8 Å². The highest BCUT2D eigenvalue weighted by Gasteiger charge is 2.27. The quantitative estimate of drug-likeness (QED) is 0.598. The number of hydrogen-bond acceptors (Lipinski definition) is 2. The average molecular weight is 268 g/mol. The van der Waals surface area contributed by atoms with Gasteiger partial charge in [0.2, 0.25) is 11.8 Å². The fraction of sp³-hybridized carbons (Fsp3) is 0.867. The molecule has 0 spiro atoms. The first kappa shape index (κ1) is 16.0. The molecule has 0 radical (unpaired) electrons. The van der Waals surface area contributed by atoms with Crippen molar-refractivity contribution in [3.05, 3.63) is 0 Å². The van der Waals surface area contributed by atoms with Gasteiger partial charge in [-0.3, -0.25) is 9.59 Å². The molecule has 1 rings (SSSR count). The summed E-state index contributed by atoms with van der Waals surface area (Å²) in [6.07, 6.45) is 10.5. The van der Waals surface area contributed by atoms with Gasteiger partial charge in [0.05, 0.1) is 5.92 Å². The fourth-order valence-electron chi connectivity index (χ4n) is 2.41. The van der Waals surface area contributed by atoms with Crippen molar-refractivity contribution in [2.45, 2.75) is 64.7 Å². The van der Waals surface area contributed by atoms with Crippen LogP contribution in [-0.2, 0) is 9.59 Å². The molecule has 0 aromatic carbocycles. The summed E-state index contributed by atoms with van der Waals surface area (Å²) < 4.78 is 0. The molecular formula is C15H28N2O2. The van der Waals surface area contributed by atoms with E-state index in [0.717, 1.165) is 13.0 Å². The fourth-order valence-corrected chi connectivity index (χ4v) is 2.41. The zero-order valence-electron chi connectivity index (χ0n) is 12.2. The molecule has 0 aromatic heterocycles. The van der Waals surface area contributed by atoms with Crippen molar-refractivity contribution in [3.63, 3.8) is 0 Å². The number of amides is 2. The molecule has 0 saturated carbocycles. The Labute approximate surface area is 116 Å². The molecule has 110 valence electrons. The van der Waals surface area contributed by atoms with E-state index in [1.165, 1.54) is 44.9 Å². The van der Waals surface area contributed by atoms with Crippen LogP contribution in [0.4, 0.5) is 0 Å². The summed E-state index contributed by atoms with van der Waals surface area (Å²) in [5, 5.41) is 5.61. The van der Waals surface area contributed by atoms with Crippen molar-refractivity contribution in [1.29, 1.82) is 0 Å². The molecule has 4 nitrogen and oxygen atoms in total. The standard InChI is InChI=1S/C15H28N2O2/c1-2-3-4-5-6-7-8-9-10-16-15(19)13-11-14(18)17-12-13/h13H,2-12H2,1H3,(H,16,19)(H,17,18). The lowest BCUT2D eigenvalue weighted by Crippen LogP contribution is -2.32. The van der Waals surface area contributed by atoms with E-state index < -0.39 is 0 Å². The Kier molecular flexibility index (Phi) is 8.26. The third kappa shape index (κ3) is 7.19. The topological polar surface area (TPSA) is 58.2 Å². The third-order valence-electron chi connectivity index (χ3n) is 3.68. The molecular weight excluding hydrogens is 240 g/mol. The van der Waals surface area contributed by atoms with Gasteiger partial charge in [0.15, 0.2) is 0 Å². The number of rotatable bonds is 10. The van der Waals surface area contributed by atoms with E-state index in [1.807, 2.05) is 0 Å². The molecule has 1 saturated heterocycles. The molecule has 1 aliphatic rings. The van der Waals surface area contributed by atoms with Gasteiger partial charge in [-0.05, 0) is 6.42 Å². The van der Waals surface area contributed by atoms with E-state index in [2.05, 4.69) is 17.6 Å². The number of carbonyl (C=O) groups is 2. The lowest BCUT2D eigenvalue weighted by Gasteiger charge is -2.08. The van der Waals surface area contributed by atoms with Crippen molar-refractivity contribution in [1.82, 2.24) is 10.6 Å². The van der Waals surface area contributed by atoms with Crippen LogP contribution < -0.4 is 10.6 Å². The third-order valence-corrected chi connectivity index (χ3v) is 3.68. The summed E-state index contributed by atoms with van der Waals surface area (Å²) in [6, 6.07) is 0. The minimum absolute atomic E-state index is 0.00720. The molecule has 1 fully saturated rings. The molecule has 1 atom stereocenters. The maximum Gasteiger partial charge on any atom is 0.225 e. The van der Waals surface area contributed by atoms with Gasteiger partial charge in [0.1, 0.15) is 0 Å². The van der Waals surface area contributed by atoms with Crippen molar-refractivity contribution in [2.24, 2.45) is 5.92 Å². The van der Waals surface area contributed by atoms with Crippen LogP contribution in [0.3, 0.4) is 0 Å². The van der Waals surface area contributed by atoms with Crippen LogP contribution in [0.2, 0.25) is 0 Å². The summed E-state index contributed by atoms with van der Waals surface area (Å²) in [4.78, 5) is 22.7. The molecule has 1 unspecified atom stereocenters. The van der Waals surface area contributed by atoms with Crippen molar-refractivity contribution in [3.8, 4) is 0 Å². The number of nitrogens with one attached hydrogen (secondary N) is 2. The van der Waals surface area contributed by atoms with Crippen LogP contribution in [0.5, 0.6) is 0 Å². The smallest absolute Gasteiger partial charge is 0.225 e. The average Bonchev–Trinajstić information content (AvgIpc) is 2.83. The normalized spacial score (nSPS) is 18.4.